The average Bonchev–Trinajstić information content (AvgIpc) is 2.77. The number of unbranched alkanes of at least 4 members (excludes halogenated alkanes) is 1. The molecule has 0 amide bonds. The Labute approximate surface area is 183 Å². The van der Waals surface area contributed by atoms with Crippen LogP contribution in [0, 0.1) is 6.92 Å². The van der Waals surface area contributed by atoms with Crippen LogP contribution in [-0.2, 0) is 16.1 Å². The van der Waals surface area contributed by atoms with E-state index in [0.717, 1.165) is 25.3 Å². The summed E-state index contributed by atoms with van der Waals surface area (Å²) < 4.78 is 5.88. The van der Waals surface area contributed by atoms with E-state index in [0.29, 0.717) is 0 Å². The molecule has 0 unspecified atom stereocenters. The molecule has 2 aromatic rings. The highest BCUT2D eigenvalue weighted by molar-refractivity contribution is 6.27. The van der Waals surface area contributed by atoms with Gasteiger partial charge in [-0.3, -0.25) is 4.90 Å². The Hall–Kier alpha value is -2.90. The number of aliphatic carboxylic acids is 2. The number of hydrogen-bond acceptors (Lipinski definition) is 5. The molecule has 0 spiro atoms. The van der Waals surface area contributed by atoms with E-state index >= 15 is 0 Å². The van der Waals surface area contributed by atoms with Crippen molar-refractivity contribution in [2.75, 3.05) is 39.3 Å². The summed E-state index contributed by atoms with van der Waals surface area (Å²) in [5.74, 6) is -2.62. The van der Waals surface area contributed by atoms with Crippen molar-refractivity contribution in [3.05, 3.63) is 65.7 Å². The zero-order chi connectivity index (χ0) is 22.5. The highest BCUT2D eigenvalue weighted by atomic mass is 16.5. The molecule has 7 nitrogen and oxygen atoms in total. The van der Waals surface area contributed by atoms with Crippen LogP contribution < -0.4 is 4.74 Å². The number of aryl methyl sites for hydroxylation is 1. The van der Waals surface area contributed by atoms with Crippen molar-refractivity contribution in [1.29, 1.82) is 0 Å². The van der Waals surface area contributed by atoms with Gasteiger partial charge in [0.05, 0.1) is 6.61 Å². The second-order valence-electron chi connectivity index (χ2n) is 7.53. The van der Waals surface area contributed by atoms with Crippen LogP contribution in [0.5, 0.6) is 5.75 Å². The zero-order valence-corrected chi connectivity index (χ0v) is 18.1. The second-order valence-corrected chi connectivity index (χ2v) is 7.53. The van der Waals surface area contributed by atoms with E-state index < -0.39 is 11.9 Å². The molecule has 2 N–H and O–H groups in total. The van der Waals surface area contributed by atoms with Crippen molar-refractivity contribution in [3.63, 3.8) is 0 Å². The Morgan fingerprint density at radius 3 is 2.03 bits per heavy atom. The molecule has 7 heteroatoms. The average molecular weight is 429 g/mol. The van der Waals surface area contributed by atoms with Gasteiger partial charge in [-0.1, -0.05) is 48.5 Å². The van der Waals surface area contributed by atoms with Gasteiger partial charge in [0.1, 0.15) is 5.75 Å². The van der Waals surface area contributed by atoms with Gasteiger partial charge in [-0.05, 0) is 43.5 Å². The summed E-state index contributed by atoms with van der Waals surface area (Å²) in [5.41, 5.74) is 2.64. The van der Waals surface area contributed by atoms with Gasteiger partial charge in [0.15, 0.2) is 0 Å². The number of carboxylic acid groups (broad SMARTS) is 2. The lowest BCUT2D eigenvalue weighted by molar-refractivity contribution is -0.159. The van der Waals surface area contributed by atoms with Gasteiger partial charge in [-0.15, -0.1) is 0 Å². The summed E-state index contributed by atoms with van der Waals surface area (Å²) in [6.45, 7) is 9.92. The summed E-state index contributed by atoms with van der Waals surface area (Å²) in [7, 11) is 0. The molecule has 1 heterocycles. The lowest BCUT2D eigenvalue weighted by Gasteiger charge is -2.34. The van der Waals surface area contributed by atoms with Crippen LogP contribution in [0.25, 0.3) is 0 Å². The minimum absolute atomic E-state index is 0.818. The van der Waals surface area contributed by atoms with Crippen molar-refractivity contribution < 1.29 is 24.5 Å². The SMILES string of the molecule is Cc1ccccc1OCCCCN1CCN(Cc2ccccc2)CC1.O=C(O)C(=O)O. The van der Waals surface area contributed by atoms with Crippen LogP contribution in [0.15, 0.2) is 54.6 Å². The predicted molar refractivity (Wildman–Crippen MR) is 119 cm³/mol. The maximum Gasteiger partial charge on any atom is 0.414 e. The monoisotopic (exact) mass is 428 g/mol. The molecule has 1 saturated heterocycles. The molecule has 0 aromatic heterocycles. The molecule has 0 atom stereocenters. The number of piperazine rings is 1. The predicted octanol–water partition coefficient (Wildman–Crippen LogP) is 3.13. The quantitative estimate of drug-likeness (QED) is 0.493. The van der Waals surface area contributed by atoms with E-state index in [-0.39, 0.29) is 0 Å². The second kappa shape index (κ2) is 13.4. The van der Waals surface area contributed by atoms with Crippen LogP contribution in [0.4, 0.5) is 0 Å². The van der Waals surface area contributed by atoms with Crippen molar-refractivity contribution in [1.82, 2.24) is 9.80 Å². The molecule has 168 valence electrons. The third kappa shape index (κ3) is 9.63. The third-order valence-corrected chi connectivity index (χ3v) is 5.12. The molecule has 0 saturated carbocycles. The number of rotatable bonds is 8. The number of ether oxygens (including phenoxy) is 1. The zero-order valence-electron chi connectivity index (χ0n) is 18.1. The maximum absolute atomic E-state index is 9.10. The molecule has 1 aliphatic rings. The fraction of sp³-hybridized carbons (Fsp3) is 0.417. The van der Waals surface area contributed by atoms with Crippen molar-refractivity contribution >= 4 is 11.9 Å². The molecule has 1 fully saturated rings. The molecule has 3 rings (SSSR count). The summed E-state index contributed by atoms with van der Waals surface area (Å²) in [6.07, 6.45) is 2.34. The third-order valence-electron chi connectivity index (χ3n) is 5.12. The van der Waals surface area contributed by atoms with Gasteiger partial charge >= 0.3 is 11.9 Å². The Morgan fingerprint density at radius 2 is 1.42 bits per heavy atom. The van der Waals surface area contributed by atoms with Crippen molar-refractivity contribution in [3.8, 4) is 5.75 Å². The number of carbonyl (C=O) groups is 2. The van der Waals surface area contributed by atoms with Gasteiger partial charge in [0.2, 0.25) is 0 Å². The summed E-state index contributed by atoms with van der Waals surface area (Å²) in [4.78, 5) is 23.4. The Bertz CT molecular complexity index is 793. The molecule has 31 heavy (non-hydrogen) atoms. The first-order chi connectivity index (χ1) is 15.0. The Morgan fingerprint density at radius 1 is 0.839 bits per heavy atom. The first-order valence-electron chi connectivity index (χ1n) is 10.6. The molecular formula is C24H32N2O5. The number of carboxylic acids is 2. The normalized spacial score (nSPS) is 14.4. The summed E-state index contributed by atoms with van der Waals surface area (Å²) >= 11 is 0. The minimum atomic E-state index is -1.82. The smallest absolute Gasteiger partial charge is 0.414 e. The highest BCUT2D eigenvalue weighted by Gasteiger charge is 2.16. The van der Waals surface area contributed by atoms with Crippen LogP contribution in [0.2, 0.25) is 0 Å². The van der Waals surface area contributed by atoms with Crippen LogP contribution in [-0.4, -0.2) is 71.3 Å². The lowest BCUT2D eigenvalue weighted by atomic mass is 10.2. The maximum atomic E-state index is 9.10. The van der Waals surface area contributed by atoms with Gasteiger partial charge in [-0.2, -0.15) is 0 Å². The standard InChI is InChI=1S/C22H30N2O.C2H2O4/c1-20-9-5-6-12-22(20)25-18-8-7-13-23-14-16-24(17-15-23)19-21-10-3-2-4-11-21;3-1(4)2(5)6/h2-6,9-12H,7-8,13-19H2,1H3;(H,3,4)(H,5,6). The minimum Gasteiger partial charge on any atom is -0.493 e. The molecule has 0 aliphatic carbocycles. The largest absolute Gasteiger partial charge is 0.493 e. The molecular weight excluding hydrogens is 396 g/mol. The first kappa shape index (κ1) is 24.4. The lowest BCUT2D eigenvalue weighted by Crippen LogP contribution is -2.46. The number of benzene rings is 2. The fourth-order valence-electron chi connectivity index (χ4n) is 3.35. The van der Waals surface area contributed by atoms with E-state index in [2.05, 4.69) is 65.3 Å². The van der Waals surface area contributed by atoms with Gasteiger partial charge in [0, 0.05) is 32.7 Å². The van der Waals surface area contributed by atoms with Crippen molar-refractivity contribution in [2.24, 2.45) is 0 Å². The van der Waals surface area contributed by atoms with Gasteiger partial charge in [-0.25, -0.2) is 9.59 Å². The van der Waals surface area contributed by atoms with Crippen LogP contribution in [0.3, 0.4) is 0 Å². The van der Waals surface area contributed by atoms with Gasteiger partial charge in [0.25, 0.3) is 0 Å². The number of nitrogens with zero attached hydrogens (tertiary/aromatic N) is 2. The van der Waals surface area contributed by atoms with E-state index in [1.54, 1.807) is 0 Å². The highest BCUT2D eigenvalue weighted by Crippen LogP contribution is 2.16. The van der Waals surface area contributed by atoms with E-state index in [4.69, 9.17) is 24.5 Å². The first-order valence-corrected chi connectivity index (χ1v) is 10.6. The van der Waals surface area contributed by atoms with Gasteiger partial charge < -0.3 is 19.8 Å². The number of hydrogen-bond donors (Lipinski definition) is 2. The van der Waals surface area contributed by atoms with E-state index in [1.807, 2.05) is 6.07 Å². The summed E-state index contributed by atoms with van der Waals surface area (Å²) in [5, 5.41) is 14.8. The van der Waals surface area contributed by atoms with Crippen LogP contribution in [0.1, 0.15) is 24.0 Å². The fourth-order valence-corrected chi connectivity index (χ4v) is 3.35. The van der Waals surface area contributed by atoms with Crippen molar-refractivity contribution in [2.45, 2.75) is 26.3 Å². The van der Waals surface area contributed by atoms with Crippen LogP contribution >= 0.6 is 0 Å². The van der Waals surface area contributed by atoms with E-state index in [9.17, 15) is 0 Å². The molecule has 2 aromatic carbocycles. The topological polar surface area (TPSA) is 90.3 Å². The number of para-hydroxylation sites is 1. The Kier molecular flexibility index (Phi) is 10.5. The molecule has 0 bridgehead atoms. The summed E-state index contributed by atoms with van der Waals surface area (Å²) in [6, 6.07) is 19.0. The molecule has 1 aliphatic heterocycles. The Balaban J connectivity index is 0.000000501. The van der Waals surface area contributed by atoms with E-state index in [1.165, 1.54) is 50.3 Å². The molecule has 0 radical (unpaired) electrons.